The number of primary amides is 1. The van der Waals surface area contributed by atoms with Crippen LogP contribution in [0, 0.1) is 11.3 Å². The molecule has 1 amide bonds. The molecule has 0 bridgehead atoms. The molecule has 3 rings (SSSR count). The quantitative estimate of drug-likeness (QED) is 0.159. The number of rotatable bonds is 9. The van der Waals surface area contributed by atoms with Crippen LogP contribution in [-0.2, 0) is 10.5 Å². The van der Waals surface area contributed by atoms with E-state index in [1.165, 1.54) is 6.08 Å². The highest BCUT2D eigenvalue weighted by Gasteiger charge is 2.19. The number of nitrogens with zero attached hydrogens (tertiary/aromatic N) is 1. The standard InChI is InChI=1S/C26H22N2O4S/c1-2-31-23-15-18(13-20(16-27)25(28)29)14-21(17-33-22-11-7-4-8-12-22)24(23)32-26(30)19-9-5-3-6-10-19/h3-15H,2,17H2,1H3,(H2,28,29)/b20-13+. The minimum atomic E-state index is -0.824. The number of benzene rings is 3. The summed E-state index contributed by atoms with van der Waals surface area (Å²) in [6.45, 7) is 2.14. The highest BCUT2D eigenvalue weighted by atomic mass is 32.2. The number of esters is 1. The number of nitrogens with two attached hydrogens (primary N) is 1. The van der Waals surface area contributed by atoms with Crippen LogP contribution in [0.25, 0.3) is 6.08 Å². The first-order chi connectivity index (χ1) is 16.0. The molecule has 0 saturated heterocycles. The van der Waals surface area contributed by atoms with Crippen molar-refractivity contribution in [2.75, 3.05) is 6.61 Å². The van der Waals surface area contributed by atoms with Gasteiger partial charge in [0.05, 0.1) is 12.2 Å². The topological polar surface area (TPSA) is 102 Å². The number of amides is 1. The Bertz CT molecular complexity index is 1200. The van der Waals surface area contributed by atoms with Crippen LogP contribution >= 0.6 is 11.8 Å². The van der Waals surface area contributed by atoms with Crippen molar-refractivity contribution in [3.63, 3.8) is 0 Å². The molecule has 0 radical (unpaired) electrons. The summed E-state index contributed by atoms with van der Waals surface area (Å²) in [4.78, 5) is 25.4. The molecule has 0 aromatic heterocycles. The molecule has 0 heterocycles. The molecule has 3 aromatic rings. The Morgan fingerprint density at radius 2 is 1.73 bits per heavy atom. The predicted molar refractivity (Wildman–Crippen MR) is 128 cm³/mol. The third-order valence-electron chi connectivity index (χ3n) is 4.49. The molecule has 166 valence electrons. The normalized spacial score (nSPS) is 10.8. The maximum Gasteiger partial charge on any atom is 0.343 e. The van der Waals surface area contributed by atoms with Gasteiger partial charge in [-0.25, -0.2) is 4.79 Å². The average Bonchev–Trinajstić information content (AvgIpc) is 2.84. The van der Waals surface area contributed by atoms with Crippen molar-refractivity contribution in [2.45, 2.75) is 17.6 Å². The Hall–Kier alpha value is -4.02. The summed E-state index contributed by atoms with van der Waals surface area (Å²) in [7, 11) is 0. The third-order valence-corrected chi connectivity index (χ3v) is 5.55. The van der Waals surface area contributed by atoms with E-state index in [1.807, 2.05) is 43.3 Å². The Balaban J connectivity index is 2.05. The monoisotopic (exact) mass is 458 g/mol. The van der Waals surface area contributed by atoms with Gasteiger partial charge in [0, 0.05) is 16.2 Å². The molecule has 3 aromatic carbocycles. The van der Waals surface area contributed by atoms with Gasteiger partial charge in [-0.3, -0.25) is 4.79 Å². The molecule has 0 aliphatic heterocycles. The summed E-state index contributed by atoms with van der Waals surface area (Å²) in [5, 5.41) is 9.23. The van der Waals surface area contributed by atoms with Crippen LogP contribution in [0.3, 0.4) is 0 Å². The number of nitriles is 1. The van der Waals surface area contributed by atoms with Crippen LogP contribution in [0.4, 0.5) is 0 Å². The molecule has 0 unspecified atom stereocenters. The van der Waals surface area contributed by atoms with E-state index < -0.39 is 11.9 Å². The molecule has 7 heteroatoms. The van der Waals surface area contributed by atoms with Gasteiger partial charge in [0.15, 0.2) is 11.5 Å². The second kappa shape index (κ2) is 11.6. The Labute approximate surface area is 196 Å². The Morgan fingerprint density at radius 3 is 2.33 bits per heavy atom. The molecular weight excluding hydrogens is 436 g/mol. The zero-order valence-corrected chi connectivity index (χ0v) is 18.8. The van der Waals surface area contributed by atoms with Crippen molar-refractivity contribution >= 4 is 29.7 Å². The lowest BCUT2D eigenvalue weighted by molar-refractivity contribution is -0.114. The SMILES string of the molecule is CCOc1cc(/C=C(\C#N)C(N)=O)cc(CSc2ccccc2)c1OC(=O)c1ccccc1. The summed E-state index contributed by atoms with van der Waals surface area (Å²) in [6.07, 6.45) is 1.39. The van der Waals surface area contributed by atoms with Gasteiger partial charge in [-0.15, -0.1) is 11.8 Å². The van der Waals surface area contributed by atoms with E-state index >= 15 is 0 Å². The highest BCUT2D eigenvalue weighted by molar-refractivity contribution is 7.98. The third kappa shape index (κ3) is 6.48. The van der Waals surface area contributed by atoms with Gasteiger partial charge in [-0.1, -0.05) is 36.4 Å². The predicted octanol–water partition coefficient (Wildman–Crippen LogP) is 4.99. The number of hydrogen-bond acceptors (Lipinski definition) is 6. The van der Waals surface area contributed by atoms with E-state index in [4.69, 9.17) is 15.2 Å². The van der Waals surface area contributed by atoms with E-state index in [-0.39, 0.29) is 5.57 Å². The summed E-state index contributed by atoms with van der Waals surface area (Å²) in [5.74, 6) is -0.248. The van der Waals surface area contributed by atoms with Gasteiger partial charge < -0.3 is 15.2 Å². The molecule has 2 N–H and O–H groups in total. The number of carbonyl (C=O) groups is 2. The van der Waals surface area contributed by atoms with Crippen molar-refractivity contribution in [1.29, 1.82) is 5.26 Å². The van der Waals surface area contributed by atoms with Gasteiger partial charge in [-0.05, 0) is 55.0 Å². The lowest BCUT2D eigenvalue weighted by atomic mass is 10.1. The Morgan fingerprint density at radius 1 is 1.06 bits per heavy atom. The Kier molecular flexibility index (Phi) is 8.28. The minimum Gasteiger partial charge on any atom is -0.490 e. The fourth-order valence-electron chi connectivity index (χ4n) is 2.98. The first kappa shape index (κ1) is 23.6. The molecule has 0 saturated carbocycles. The zero-order chi connectivity index (χ0) is 23.6. The lowest BCUT2D eigenvalue weighted by Gasteiger charge is -2.16. The average molecular weight is 459 g/mol. The van der Waals surface area contributed by atoms with Crippen LogP contribution in [-0.4, -0.2) is 18.5 Å². The van der Waals surface area contributed by atoms with Crippen LogP contribution in [0.15, 0.2) is 83.3 Å². The van der Waals surface area contributed by atoms with Crippen molar-refractivity contribution in [3.8, 4) is 17.6 Å². The zero-order valence-electron chi connectivity index (χ0n) is 18.0. The molecule has 0 fully saturated rings. The second-order valence-corrected chi connectivity index (χ2v) is 7.88. The van der Waals surface area contributed by atoms with E-state index in [1.54, 1.807) is 54.2 Å². The second-order valence-electron chi connectivity index (χ2n) is 6.83. The number of ether oxygens (including phenoxy) is 2. The van der Waals surface area contributed by atoms with Gasteiger partial charge in [0.1, 0.15) is 11.6 Å². The molecule has 6 nitrogen and oxygen atoms in total. The maximum absolute atomic E-state index is 12.8. The number of hydrogen-bond donors (Lipinski definition) is 1. The van der Waals surface area contributed by atoms with Crippen molar-refractivity contribution in [2.24, 2.45) is 5.73 Å². The summed E-state index contributed by atoms with van der Waals surface area (Å²) >= 11 is 1.55. The molecule has 0 atom stereocenters. The largest absolute Gasteiger partial charge is 0.490 e. The molecular formula is C26H22N2O4S. The first-order valence-corrected chi connectivity index (χ1v) is 11.2. The maximum atomic E-state index is 12.8. The first-order valence-electron chi connectivity index (χ1n) is 10.2. The van der Waals surface area contributed by atoms with Gasteiger partial charge in [0.25, 0.3) is 5.91 Å². The summed E-state index contributed by atoms with van der Waals surface area (Å²) < 4.78 is 11.6. The smallest absolute Gasteiger partial charge is 0.343 e. The molecule has 0 aliphatic rings. The van der Waals surface area contributed by atoms with Gasteiger partial charge >= 0.3 is 5.97 Å². The van der Waals surface area contributed by atoms with Crippen molar-refractivity contribution < 1.29 is 19.1 Å². The number of carbonyl (C=O) groups excluding carboxylic acids is 2. The van der Waals surface area contributed by atoms with Crippen LogP contribution in [0.1, 0.15) is 28.4 Å². The highest BCUT2D eigenvalue weighted by Crippen LogP contribution is 2.38. The fourth-order valence-corrected chi connectivity index (χ4v) is 3.87. The van der Waals surface area contributed by atoms with Crippen LogP contribution in [0.5, 0.6) is 11.5 Å². The lowest BCUT2D eigenvalue weighted by Crippen LogP contribution is -2.13. The van der Waals surface area contributed by atoms with Gasteiger partial charge in [-0.2, -0.15) is 5.26 Å². The summed E-state index contributed by atoms with van der Waals surface area (Å²) in [5.41, 5.74) is 6.72. The molecule has 33 heavy (non-hydrogen) atoms. The number of thioether (sulfide) groups is 1. The van der Waals surface area contributed by atoms with Crippen LogP contribution < -0.4 is 15.2 Å². The molecule has 0 aliphatic carbocycles. The fraction of sp³-hybridized carbons (Fsp3) is 0.115. The van der Waals surface area contributed by atoms with Crippen LogP contribution in [0.2, 0.25) is 0 Å². The summed E-state index contributed by atoms with van der Waals surface area (Å²) in [6, 6.07) is 23.6. The van der Waals surface area contributed by atoms with E-state index in [0.717, 1.165) is 4.90 Å². The van der Waals surface area contributed by atoms with Gasteiger partial charge in [0.2, 0.25) is 0 Å². The van der Waals surface area contributed by atoms with Crippen molar-refractivity contribution in [1.82, 2.24) is 0 Å². The van der Waals surface area contributed by atoms with E-state index in [0.29, 0.717) is 40.5 Å². The minimum absolute atomic E-state index is 0.187. The molecule has 0 spiro atoms. The van der Waals surface area contributed by atoms with E-state index in [2.05, 4.69) is 0 Å². The van der Waals surface area contributed by atoms with E-state index in [9.17, 15) is 14.9 Å². The van der Waals surface area contributed by atoms with Crippen molar-refractivity contribution in [3.05, 3.63) is 95.1 Å².